The van der Waals surface area contributed by atoms with E-state index in [4.69, 9.17) is 0 Å². The molecule has 0 radical (unpaired) electrons. The molecule has 0 fully saturated rings. The molecule has 0 amide bonds. The van der Waals surface area contributed by atoms with Crippen molar-refractivity contribution in [2.45, 2.75) is 33.7 Å². The van der Waals surface area contributed by atoms with Crippen molar-refractivity contribution in [2.75, 3.05) is 5.32 Å². The predicted octanol–water partition coefficient (Wildman–Crippen LogP) is 3.01. The Morgan fingerprint density at radius 1 is 1.25 bits per heavy atom. The van der Waals surface area contributed by atoms with Gasteiger partial charge in [-0.3, -0.25) is 4.79 Å². The molecule has 0 aliphatic heterocycles. The average molecular weight is 275 g/mol. The number of H-pyrrole nitrogens is 1. The molecule has 1 unspecified atom stereocenters. The van der Waals surface area contributed by atoms with Gasteiger partial charge in [0.25, 0.3) is 5.56 Å². The van der Waals surface area contributed by atoms with E-state index in [0.717, 1.165) is 5.56 Å². The third-order valence-electron chi connectivity index (χ3n) is 3.12. The summed E-state index contributed by atoms with van der Waals surface area (Å²) in [7, 11) is 0. The highest BCUT2D eigenvalue weighted by Gasteiger charge is 2.14. The van der Waals surface area contributed by atoms with Crippen molar-refractivity contribution in [1.82, 2.24) is 9.97 Å². The first-order chi connectivity index (χ1) is 9.36. The standard InChI is InChI=1S/C15H18FN3O/c1-8-5-12(16)7-13(6-8)18-10(3)14-9(2)17-11(4)19-15(14)20/h5-7,10,18H,1-4H3,(H,17,19,20). The molecule has 20 heavy (non-hydrogen) atoms. The zero-order valence-electron chi connectivity index (χ0n) is 12.0. The molecule has 0 bridgehead atoms. The number of anilines is 1. The van der Waals surface area contributed by atoms with Crippen molar-refractivity contribution in [2.24, 2.45) is 0 Å². The third-order valence-corrected chi connectivity index (χ3v) is 3.12. The van der Waals surface area contributed by atoms with Crippen LogP contribution in [0.3, 0.4) is 0 Å². The Hall–Kier alpha value is -2.17. The zero-order valence-corrected chi connectivity index (χ0v) is 12.0. The van der Waals surface area contributed by atoms with Gasteiger partial charge in [-0.1, -0.05) is 0 Å². The molecule has 2 rings (SSSR count). The van der Waals surface area contributed by atoms with E-state index in [9.17, 15) is 9.18 Å². The van der Waals surface area contributed by atoms with Crippen molar-refractivity contribution in [3.63, 3.8) is 0 Å². The van der Waals surface area contributed by atoms with Crippen molar-refractivity contribution in [1.29, 1.82) is 0 Å². The summed E-state index contributed by atoms with van der Waals surface area (Å²) in [6, 6.07) is 4.45. The van der Waals surface area contributed by atoms with Gasteiger partial charge in [0, 0.05) is 5.69 Å². The van der Waals surface area contributed by atoms with Gasteiger partial charge in [0.05, 0.1) is 17.3 Å². The Bertz CT molecular complexity index is 674. The molecule has 106 valence electrons. The molecule has 0 saturated heterocycles. The smallest absolute Gasteiger partial charge is 0.256 e. The molecule has 0 aliphatic rings. The second-order valence-corrected chi connectivity index (χ2v) is 5.03. The number of halogens is 1. The maximum atomic E-state index is 13.4. The highest BCUT2D eigenvalue weighted by molar-refractivity contribution is 5.48. The number of benzene rings is 1. The summed E-state index contributed by atoms with van der Waals surface area (Å²) < 4.78 is 13.4. The van der Waals surface area contributed by atoms with E-state index < -0.39 is 0 Å². The van der Waals surface area contributed by atoms with Crippen LogP contribution in [0.5, 0.6) is 0 Å². The SMILES string of the molecule is Cc1cc(F)cc(NC(C)c2c(C)nc(C)[nH]c2=O)c1. The number of hydrogen-bond donors (Lipinski definition) is 2. The van der Waals surface area contributed by atoms with Gasteiger partial charge in [0.2, 0.25) is 0 Å². The number of aromatic nitrogens is 2. The van der Waals surface area contributed by atoms with Crippen molar-refractivity contribution < 1.29 is 4.39 Å². The van der Waals surface area contributed by atoms with Crippen molar-refractivity contribution in [3.8, 4) is 0 Å². The molecule has 0 aliphatic carbocycles. The van der Waals surface area contributed by atoms with E-state index in [-0.39, 0.29) is 17.4 Å². The summed E-state index contributed by atoms with van der Waals surface area (Å²) in [5.41, 5.74) is 2.56. The summed E-state index contributed by atoms with van der Waals surface area (Å²) in [6.07, 6.45) is 0. The first kappa shape index (κ1) is 14.2. The lowest BCUT2D eigenvalue weighted by Gasteiger charge is -2.17. The Morgan fingerprint density at radius 3 is 2.55 bits per heavy atom. The molecule has 2 aromatic rings. The largest absolute Gasteiger partial charge is 0.378 e. The number of hydrogen-bond acceptors (Lipinski definition) is 3. The van der Waals surface area contributed by atoms with Crippen LogP contribution in [-0.2, 0) is 0 Å². The molecule has 5 heteroatoms. The van der Waals surface area contributed by atoms with Gasteiger partial charge in [-0.25, -0.2) is 9.37 Å². The van der Waals surface area contributed by atoms with Gasteiger partial charge in [0.15, 0.2) is 0 Å². The lowest BCUT2D eigenvalue weighted by Crippen LogP contribution is -2.23. The van der Waals surface area contributed by atoms with E-state index in [1.165, 1.54) is 12.1 Å². The maximum Gasteiger partial charge on any atom is 0.256 e. The predicted molar refractivity (Wildman–Crippen MR) is 77.5 cm³/mol. The fourth-order valence-electron chi connectivity index (χ4n) is 2.39. The fourth-order valence-corrected chi connectivity index (χ4v) is 2.39. The van der Waals surface area contributed by atoms with Crippen LogP contribution in [0, 0.1) is 26.6 Å². The molecule has 1 aromatic heterocycles. The van der Waals surface area contributed by atoms with E-state index in [1.54, 1.807) is 13.8 Å². The topological polar surface area (TPSA) is 57.8 Å². The van der Waals surface area contributed by atoms with E-state index in [0.29, 0.717) is 22.8 Å². The summed E-state index contributed by atoms with van der Waals surface area (Å²) in [5, 5.41) is 3.14. The normalized spacial score (nSPS) is 12.2. The number of aryl methyl sites for hydroxylation is 3. The van der Waals surface area contributed by atoms with Crippen LogP contribution in [0.2, 0.25) is 0 Å². The van der Waals surface area contributed by atoms with Gasteiger partial charge < -0.3 is 10.3 Å². The average Bonchev–Trinajstić information content (AvgIpc) is 2.25. The molecular weight excluding hydrogens is 257 g/mol. The van der Waals surface area contributed by atoms with Crippen LogP contribution < -0.4 is 10.9 Å². The lowest BCUT2D eigenvalue weighted by molar-refractivity contribution is 0.626. The Morgan fingerprint density at radius 2 is 1.95 bits per heavy atom. The monoisotopic (exact) mass is 275 g/mol. The molecule has 0 saturated carbocycles. The Labute approximate surface area is 117 Å². The van der Waals surface area contributed by atoms with E-state index >= 15 is 0 Å². The molecule has 2 N–H and O–H groups in total. The summed E-state index contributed by atoms with van der Waals surface area (Å²) in [6.45, 7) is 7.22. The van der Waals surface area contributed by atoms with Gasteiger partial charge in [-0.15, -0.1) is 0 Å². The molecular formula is C15H18FN3O. The minimum Gasteiger partial charge on any atom is -0.378 e. The number of nitrogens with one attached hydrogen (secondary N) is 2. The Balaban J connectivity index is 2.33. The zero-order chi connectivity index (χ0) is 14.9. The summed E-state index contributed by atoms with van der Waals surface area (Å²) >= 11 is 0. The van der Waals surface area contributed by atoms with Crippen molar-refractivity contribution >= 4 is 5.69 Å². The number of nitrogens with zero attached hydrogens (tertiary/aromatic N) is 1. The van der Waals surface area contributed by atoms with E-state index in [2.05, 4.69) is 15.3 Å². The molecule has 1 atom stereocenters. The van der Waals surface area contributed by atoms with Crippen LogP contribution >= 0.6 is 0 Å². The minimum absolute atomic E-state index is 0.164. The maximum absolute atomic E-state index is 13.4. The molecule has 0 spiro atoms. The van der Waals surface area contributed by atoms with Crippen LogP contribution in [-0.4, -0.2) is 9.97 Å². The number of aromatic amines is 1. The summed E-state index contributed by atoms with van der Waals surface area (Å²) in [5.74, 6) is 0.289. The summed E-state index contributed by atoms with van der Waals surface area (Å²) in [4.78, 5) is 19.0. The van der Waals surface area contributed by atoms with Crippen LogP contribution in [0.1, 0.15) is 35.6 Å². The first-order valence-corrected chi connectivity index (χ1v) is 6.48. The second kappa shape index (κ2) is 5.45. The molecule has 4 nitrogen and oxygen atoms in total. The number of rotatable bonds is 3. The first-order valence-electron chi connectivity index (χ1n) is 6.48. The molecule has 1 heterocycles. The van der Waals surface area contributed by atoms with Crippen molar-refractivity contribution in [3.05, 3.63) is 57.0 Å². The van der Waals surface area contributed by atoms with Crippen LogP contribution in [0.15, 0.2) is 23.0 Å². The third kappa shape index (κ3) is 3.04. The van der Waals surface area contributed by atoms with Gasteiger partial charge in [-0.05, 0) is 51.5 Å². The Kier molecular flexibility index (Phi) is 3.88. The van der Waals surface area contributed by atoms with Gasteiger partial charge in [0.1, 0.15) is 11.6 Å². The fraction of sp³-hybridized carbons (Fsp3) is 0.333. The highest BCUT2D eigenvalue weighted by atomic mass is 19.1. The van der Waals surface area contributed by atoms with Gasteiger partial charge in [-0.2, -0.15) is 0 Å². The van der Waals surface area contributed by atoms with Gasteiger partial charge >= 0.3 is 0 Å². The van der Waals surface area contributed by atoms with Crippen LogP contribution in [0.25, 0.3) is 0 Å². The minimum atomic E-state index is -0.299. The second-order valence-electron chi connectivity index (χ2n) is 5.03. The molecule has 1 aromatic carbocycles. The van der Waals surface area contributed by atoms with Crippen LogP contribution in [0.4, 0.5) is 10.1 Å². The quantitative estimate of drug-likeness (QED) is 0.905. The van der Waals surface area contributed by atoms with E-state index in [1.807, 2.05) is 19.9 Å². The lowest BCUT2D eigenvalue weighted by atomic mass is 10.1. The highest BCUT2D eigenvalue weighted by Crippen LogP contribution is 2.20.